The average molecular weight is 502 g/mol. The second-order valence-electron chi connectivity index (χ2n) is 7.75. The molecule has 1 aliphatic rings. The number of hydrogen-bond donors (Lipinski definition) is 2. The molecule has 0 aliphatic carbocycles. The van der Waals surface area contributed by atoms with E-state index in [1.54, 1.807) is 24.3 Å². The molecule has 12 heteroatoms. The number of ether oxygens (including phenoxy) is 1. The number of H-pyrrole nitrogens is 1. The number of nitrogens with zero attached hydrogens (tertiary/aromatic N) is 5. The van der Waals surface area contributed by atoms with E-state index in [0.717, 1.165) is 0 Å². The van der Waals surface area contributed by atoms with E-state index in [2.05, 4.69) is 20.2 Å². The lowest BCUT2D eigenvalue weighted by Crippen LogP contribution is -2.56. The molecule has 5 rings (SSSR count). The molecule has 34 heavy (non-hydrogen) atoms. The van der Waals surface area contributed by atoms with Crippen LogP contribution in [0.15, 0.2) is 42.9 Å². The normalized spacial score (nSPS) is 15.6. The molecule has 0 radical (unpaired) electrons. The first-order valence-corrected chi connectivity index (χ1v) is 10.7. The van der Waals surface area contributed by atoms with Crippen LogP contribution in [0.5, 0.6) is 5.75 Å². The number of anilines is 1. The minimum atomic E-state index is -2.77. The zero-order valence-corrected chi connectivity index (χ0v) is 18.8. The molecule has 0 spiro atoms. The van der Waals surface area contributed by atoms with Crippen molar-refractivity contribution in [2.45, 2.75) is 12.2 Å². The highest BCUT2D eigenvalue weighted by molar-refractivity contribution is 6.35. The second-order valence-corrected chi connectivity index (χ2v) is 8.57. The summed E-state index contributed by atoms with van der Waals surface area (Å²) in [6.07, 6.45) is 3.40. The van der Waals surface area contributed by atoms with Crippen LogP contribution in [-0.2, 0) is 0 Å². The van der Waals surface area contributed by atoms with E-state index in [1.807, 2.05) is 6.07 Å². The van der Waals surface area contributed by atoms with Crippen LogP contribution in [0.3, 0.4) is 0 Å². The van der Waals surface area contributed by atoms with Crippen LogP contribution in [0.25, 0.3) is 22.2 Å². The van der Waals surface area contributed by atoms with Gasteiger partial charge in [-0.2, -0.15) is 10.4 Å². The van der Waals surface area contributed by atoms with Crippen molar-refractivity contribution in [3.8, 4) is 23.1 Å². The largest absolute Gasteiger partial charge is 0.471 e. The van der Waals surface area contributed by atoms with Gasteiger partial charge in [-0.15, -0.1) is 0 Å². The standard InChI is InChI=1S/C22H15Cl2F2N7O/c23-15-7-29-8-16(24)18(15)20(28)34-13-1-2-17-14(4-13)19(32-31-17)12-3-11(5-27)21(30-6-12)33-9-22(25,26)10-33/h1-4,6-8,20H,9-10,28H2,(H,31,32)/t20-/m0/s1. The molecule has 4 heterocycles. The number of pyridine rings is 2. The van der Waals surface area contributed by atoms with Gasteiger partial charge in [0, 0.05) is 35.1 Å². The molecule has 1 fully saturated rings. The van der Waals surface area contributed by atoms with Crippen LogP contribution in [0.1, 0.15) is 17.4 Å². The minimum Gasteiger partial charge on any atom is -0.471 e. The van der Waals surface area contributed by atoms with Crippen molar-refractivity contribution in [2.75, 3.05) is 18.0 Å². The molecule has 1 saturated heterocycles. The summed E-state index contributed by atoms with van der Waals surface area (Å²) in [5.74, 6) is -2.12. The molecular formula is C22H15Cl2F2N7O. The number of nitrogens with one attached hydrogen (secondary N) is 1. The first-order valence-electron chi connectivity index (χ1n) is 9.98. The molecule has 3 N–H and O–H groups in total. The average Bonchev–Trinajstić information content (AvgIpc) is 3.20. The highest BCUT2D eigenvalue weighted by Gasteiger charge is 2.45. The first-order chi connectivity index (χ1) is 16.3. The maximum atomic E-state index is 13.3. The summed E-state index contributed by atoms with van der Waals surface area (Å²) in [6, 6.07) is 8.80. The van der Waals surface area contributed by atoms with Gasteiger partial charge in [0.05, 0.1) is 34.2 Å². The SMILES string of the molecule is N#Cc1cc(-c2n[nH]c3ccc(O[C@H](N)c4c(Cl)cncc4Cl)cc23)cnc1N1CC(F)(F)C1. The van der Waals surface area contributed by atoms with E-state index in [-0.39, 0.29) is 21.4 Å². The van der Waals surface area contributed by atoms with Crippen LogP contribution in [0.2, 0.25) is 10.0 Å². The number of aromatic amines is 1. The quantitative estimate of drug-likeness (QED) is 0.381. The predicted molar refractivity (Wildman–Crippen MR) is 123 cm³/mol. The number of halogens is 4. The molecule has 3 aromatic heterocycles. The molecule has 1 atom stereocenters. The van der Waals surface area contributed by atoms with Gasteiger partial charge in [-0.05, 0) is 24.3 Å². The van der Waals surface area contributed by atoms with Crippen molar-refractivity contribution in [1.82, 2.24) is 20.2 Å². The van der Waals surface area contributed by atoms with Crippen LogP contribution < -0.4 is 15.4 Å². The van der Waals surface area contributed by atoms with Gasteiger partial charge in [0.15, 0.2) is 6.23 Å². The Morgan fingerprint density at radius 3 is 2.59 bits per heavy atom. The van der Waals surface area contributed by atoms with Crippen LogP contribution in [-0.4, -0.2) is 39.2 Å². The summed E-state index contributed by atoms with van der Waals surface area (Å²) in [5.41, 5.74) is 8.52. The Balaban J connectivity index is 1.46. The number of rotatable bonds is 5. The highest BCUT2D eigenvalue weighted by atomic mass is 35.5. The van der Waals surface area contributed by atoms with Crippen molar-refractivity contribution in [3.05, 3.63) is 64.0 Å². The van der Waals surface area contributed by atoms with Gasteiger partial charge in [-0.25, -0.2) is 13.8 Å². The number of hydrogen-bond acceptors (Lipinski definition) is 7. The molecule has 8 nitrogen and oxygen atoms in total. The van der Waals surface area contributed by atoms with Gasteiger partial charge >= 0.3 is 0 Å². The number of nitrogens with two attached hydrogens (primary N) is 1. The van der Waals surface area contributed by atoms with E-state index in [4.69, 9.17) is 33.7 Å². The lowest BCUT2D eigenvalue weighted by Gasteiger charge is -2.39. The van der Waals surface area contributed by atoms with E-state index in [0.29, 0.717) is 33.5 Å². The van der Waals surface area contributed by atoms with Gasteiger partial charge in [0.1, 0.15) is 23.3 Å². The lowest BCUT2D eigenvalue weighted by atomic mass is 10.1. The lowest BCUT2D eigenvalue weighted by molar-refractivity contribution is -0.0267. The number of alkyl halides is 2. The van der Waals surface area contributed by atoms with Crippen molar-refractivity contribution < 1.29 is 13.5 Å². The summed E-state index contributed by atoms with van der Waals surface area (Å²) < 4.78 is 32.4. The molecule has 0 bridgehead atoms. The van der Waals surface area contributed by atoms with Crippen molar-refractivity contribution in [1.29, 1.82) is 5.26 Å². The topological polar surface area (TPSA) is 117 Å². The summed E-state index contributed by atoms with van der Waals surface area (Å²) >= 11 is 12.3. The Kier molecular flexibility index (Phi) is 5.48. The second kappa shape index (κ2) is 8.36. The van der Waals surface area contributed by atoms with Crippen molar-refractivity contribution in [2.24, 2.45) is 5.73 Å². The van der Waals surface area contributed by atoms with Crippen LogP contribution >= 0.6 is 23.2 Å². The number of benzene rings is 1. The summed E-state index contributed by atoms with van der Waals surface area (Å²) in [4.78, 5) is 9.53. The maximum absolute atomic E-state index is 13.3. The monoisotopic (exact) mass is 501 g/mol. The highest BCUT2D eigenvalue weighted by Crippen LogP contribution is 2.36. The van der Waals surface area contributed by atoms with Gasteiger partial charge in [-0.3, -0.25) is 15.8 Å². The fourth-order valence-corrected chi connectivity index (χ4v) is 4.35. The fraction of sp³-hybridized carbons (Fsp3) is 0.182. The van der Waals surface area contributed by atoms with Gasteiger partial charge in [-0.1, -0.05) is 23.2 Å². The molecule has 4 aromatic rings. The Hall–Kier alpha value is -3.52. The summed E-state index contributed by atoms with van der Waals surface area (Å²) in [6.45, 7) is -0.933. The van der Waals surface area contributed by atoms with Gasteiger partial charge in [0.25, 0.3) is 5.92 Å². The molecular weight excluding hydrogens is 487 g/mol. The van der Waals surface area contributed by atoms with Crippen LogP contribution in [0, 0.1) is 11.3 Å². The van der Waals surface area contributed by atoms with Crippen LogP contribution in [0.4, 0.5) is 14.6 Å². The van der Waals surface area contributed by atoms with Gasteiger partial charge < -0.3 is 9.64 Å². The zero-order chi connectivity index (χ0) is 24.0. The summed E-state index contributed by atoms with van der Waals surface area (Å²) in [5, 5.41) is 18.0. The molecule has 172 valence electrons. The molecule has 0 unspecified atom stereocenters. The Bertz CT molecular complexity index is 1420. The minimum absolute atomic E-state index is 0.181. The van der Waals surface area contributed by atoms with E-state index < -0.39 is 25.2 Å². The fourth-order valence-electron chi connectivity index (χ4n) is 3.77. The molecule has 0 amide bonds. The smallest absolute Gasteiger partial charge is 0.282 e. The third-order valence-electron chi connectivity index (χ3n) is 5.38. The third kappa shape index (κ3) is 3.98. The Labute approximate surface area is 201 Å². The van der Waals surface area contributed by atoms with E-state index in [1.165, 1.54) is 23.5 Å². The number of fused-ring (bicyclic) bond motifs is 1. The molecule has 1 aliphatic heterocycles. The Morgan fingerprint density at radius 1 is 1.18 bits per heavy atom. The zero-order valence-electron chi connectivity index (χ0n) is 17.3. The van der Waals surface area contributed by atoms with Crippen molar-refractivity contribution in [3.63, 3.8) is 0 Å². The van der Waals surface area contributed by atoms with Crippen molar-refractivity contribution >= 4 is 39.9 Å². The number of aromatic nitrogens is 4. The first kappa shape index (κ1) is 22.3. The number of nitriles is 1. The molecule has 1 aromatic carbocycles. The van der Waals surface area contributed by atoms with Gasteiger partial charge in [0.2, 0.25) is 0 Å². The molecule has 0 saturated carbocycles. The summed E-state index contributed by atoms with van der Waals surface area (Å²) in [7, 11) is 0. The maximum Gasteiger partial charge on any atom is 0.282 e. The predicted octanol–water partition coefficient (Wildman–Crippen LogP) is 4.69. The Morgan fingerprint density at radius 2 is 1.91 bits per heavy atom. The third-order valence-corrected chi connectivity index (χ3v) is 5.98. The van der Waals surface area contributed by atoms with E-state index >= 15 is 0 Å². The van der Waals surface area contributed by atoms with E-state index in [9.17, 15) is 14.0 Å².